The fraction of sp³-hybridized carbons (Fsp3) is 0.417. The van der Waals surface area contributed by atoms with E-state index in [9.17, 15) is 4.79 Å². The highest BCUT2D eigenvalue weighted by Gasteiger charge is 2.18. The molecule has 0 aliphatic carbocycles. The van der Waals surface area contributed by atoms with E-state index in [0.717, 1.165) is 18.7 Å². The van der Waals surface area contributed by atoms with Crippen molar-refractivity contribution in [2.75, 3.05) is 17.2 Å². The lowest BCUT2D eigenvalue weighted by Gasteiger charge is -2.29. The van der Waals surface area contributed by atoms with E-state index in [2.05, 4.69) is 6.92 Å². The highest BCUT2D eigenvalue weighted by atomic mass is 16.1. The van der Waals surface area contributed by atoms with Gasteiger partial charge in [0, 0.05) is 17.9 Å². The molecule has 1 amide bonds. The number of rotatable bonds is 5. The normalized spacial score (nSPS) is 12.1. The minimum absolute atomic E-state index is 0.318. The van der Waals surface area contributed by atoms with Crippen molar-refractivity contribution in [3.63, 3.8) is 0 Å². The third-order valence-electron chi connectivity index (χ3n) is 2.55. The van der Waals surface area contributed by atoms with Crippen LogP contribution in [0.15, 0.2) is 24.3 Å². The quantitative estimate of drug-likeness (QED) is 0.737. The minimum atomic E-state index is -0.323. The highest BCUT2D eigenvalue weighted by molar-refractivity contribution is 5.83. The standard InChI is InChI=1S/C12H19N3O/c1-3-7-15(9(2)12(14)16)11-6-4-5-10(13)8-11/h4-6,8-9H,3,7,13H2,1-2H3,(H2,14,16). The van der Waals surface area contributed by atoms with E-state index in [-0.39, 0.29) is 11.9 Å². The van der Waals surface area contributed by atoms with Crippen molar-refractivity contribution in [1.82, 2.24) is 0 Å². The summed E-state index contributed by atoms with van der Waals surface area (Å²) in [5.41, 5.74) is 12.7. The van der Waals surface area contributed by atoms with Crippen LogP contribution < -0.4 is 16.4 Å². The van der Waals surface area contributed by atoms with Gasteiger partial charge >= 0.3 is 0 Å². The topological polar surface area (TPSA) is 72.3 Å². The first kappa shape index (κ1) is 12.4. The molecule has 0 fully saturated rings. The second-order valence-corrected chi connectivity index (χ2v) is 3.87. The van der Waals surface area contributed by atoms with Crippen LogP contribution in [0.25, 0.3) is 0 Å². The van der Waals surface area contributed by atoms with Crippen LogP contribution in [0.4, 0.5) is 11.4 Å². The molecule has 4 heteroatoms. The Balaban J connectivity index is 2.97. The van der Waals surface area contributed by atoms with E-state index >= 15 is 0 Å². The average molecular weight is 221 g/mol. The van der Waals surface area contributed by atoms with Gasteiger partial charge in [-0.15, -0.1) is 0 Å². The molecule has 0 heterocycles. The van der Waals surface area contributed by atoms with E-state index in [0.29, 0.717) is 5.69 Å². The van der Waals surface area contributed by atoms with Gasteiger partial charge < -0.3 is 16.4 Å². The van der Waals surface area contributed by atoms with Gasteiger partial charge in [-0.2, -0.15) is 0 Å². The van der Waals surface area contributed by atoms with E-state index in [4.69, 9.17) is 11.5 Å². The van der Waals surface area contributed by atoms with Crippen LogP contribution in [-0.2, 0) is 4.79 Å². The van der Waals surface area contributed by atoms with Crippen molar-refractivity contribution in [2.45, 2.75) is 26.3 Å². The maximum Gasteiger partial charge on any atom is 0.239 e. The van der Waals surface area contributed by atoms with Crippen molar-refractivity contribution in [3.8, 4) is 0 Å². The second kappa shape index (κ2) is 5.39. The summed E-state index contributed by atoms with van der Waals surface area (Å²) in [7, 11) is 0. The summed E-state index contributed by atoms with van der Waals surface area (Å²) in [6.45, 7) is 4.65. The van der Waals surface area contributed by atoms with Crippen LogP contribution in [-0.4, -0.2) is 18.5 Å². The Morgan fingerprint density at radius 1 is 1.50 bits per heavy atom. The molecule has 0 saturated carbocycles. The number of carbonyl (C=O) groups excluding carboxylic acids is 1. The molecular formula is C12H19N3O. The van der Waals surface area contributed by atoms with Gasteiger partial charge in [-0.25, -0.2) is 0 Å². The van der Waals surface area contributed by atoms with Crippen molar-refractivity contribution in [3.05, 3.63) is 24.3 Å². The Kier molecular flexibility index (Phi) is 4.17. The SMILES string of the molecule is CCCN(c1cccc(N)c1)C(C)C(N)=O. The van der Waals surface area contributed by atoms with Gasteiger partial charge in [0.15, 0.2) is 0 Å². The van der Waals surface area contributed by atoms with Crippen LogP contribution in [0, 0.1) is 0 Å². The van der Waals surface area contributed by atoms with Crippen LogP contribution in [0.2, 0.25) is 0 Å². The molecule has 1 aromatic rings. The number of carbonyl (C=O) groups is 1. The average Bonchev–Trinajstić information content (AvgIpc) is 2.24. The van der Waals surface area contributed by atoms with E-state index in [1.165, 1.54) is 0 Å². The molecule has 0 radical (unpaired) electrons. The molecule has 16 heavy (non-hydrogen) atoms. The van der Waals surface area contributed by atoms with Crippen molar-refractivity contribution < 1.29 is 4.79 Å². The molecule has 1 aromatic carbocycles. The molecule has 0 bridgehead atoms. The Morgan fingerprint density at radius 3 is 2.69 bits per heavy atom. The van der Waals surface area contributed by atoms with Gasteiger partial charge in [-0.1, -0.05) is 13.0 Å². The van der Waals surface area contributed by atoms with Gasteiger partial charge in [0.05, 0.1) is 0 Å². The molecule has 1 rings (SSSR count). The summed E-state index contributed by atoms with van der Waals surface area (Å²) >= 11 is 0. The predicted molar refractivity (Wildman–Crippen MR) is 67.1 cm³/mol. The molecule has 0 saturated heterocycles. The summed E-state index contributed by atoms with van der Waals surface area (Å²) in [5.74, 6) is -0.323. The Bertz CT molecular complexity index is 365. The summed E-state index contributed by atoms with van der Waals surface area (Å²) in [6, 6.07) is 7.17. The van der Waals surface area contributed by atoms with Crippen molar-refractivity contribution >= 4 is 17.3 Å². The number of hydrogen-bond acceptors (Lipinski definition) is 3. The Labute approximate surface area is 96.2 Å². The fourth-order valence-electron chi connectivity index (χ4n) is 1.64. The Morgan fingerprint density at radius 2 is 2.19 bits per heavy atom. The molecule has 1 atom stereocenters. The number of nitrogen functional groups attached to an aromatic ring is 1. The lowest BCUT2D eigenvalue weighted by Crippen LogP contribution is -2.43. The van der Waals surface area contributed by atoms with Crippen LogP contribution in [0.5, 0.6) is 0 Å². The number of primary amides is 1. The molecule has 1 unspecified atom stereocenters. The minimum Gasteiger partial charge on any atom is -0.399 e. The molecule has 88 valence electrons. The third kappa shape index (κ3) is 2.89. The number of benzene rings is 1. The predicted octanol–water partition coefficient (Wildman–Crippen LogP) is 1.36. The zero-order chi connectivity index (χ0) is 12.1. The van der Waals surface area contributed by atoms with Crippen LogP contribution in [0.1, 0.15) is 20.3 Å². The smallest absolute Gasteiger partial charge is 0.239 e. The molecular weight excluding hydrogens is 202 g/mol. The monoisotopic (exact) mass is 221 g/mol. The zero-order valence-corrected chi connectivity index (χ0v) is 9.81. The maximum atomic E-state index is 11.2. The molecule has 0 aliphatic heterocycles. The van der Waals surface area contributed by atoms with E-state index in [1.54, 1.807) is 6.92 Å². The molecule has 0 aromatic heterocycles. The second-order valence-electron chi connectivity index (χ2n) is 3.87. The first-order valence-corrected chi connectivity index (χ1v) is 5.47. The maximum absolute atomic E-state index is 11.2. The van der Waals surface area contributed by atoms with Crippen LogP contribution in [0.3, 0.4) is 0 Å². The Hall–Kier alpha value is -1.71. The number of amides is 1. The number of anilines is 2. The summed E-state index contributed by atoms with van der Waals surface area (Å²) in [6.07, 6.45) is 0.951. The first-order valence-electron chi connectivity index (χ1n) is 5.47. The highest BCUT2D eigenvalue weighted by Crippen LogP contribution is 2.20. The van der Waals surface area contributed by atoms with E-state index < -0.39 is 0 Å². The molecule has 4 nitrogen and oxygen atoms in total. The summed E-state index contributed by atoms with van der Waals surface area (Å²) < 4.78 is 0. The van der Waals surface area contributed by atoms with Gasteiger partial charge in [0.1, 0.15) is 6.04 Å². The third-order valence-corrected chi connectivity index (χ3v) is 2.55. The number of nitrogens with zero attached hydrogens (tertiary/aromatic N) is 1. The largest absolute Gasteiger partial charge is 0.399 e. The number of hydrogen-bond donors (Lipinski definition) is 2. The number of nitrogens with two attached hydrogens (primary N) is 2. The lowest BCUT2D eigenvalue weighted by atomic mass is 10.2. The van der Waals surface area contributed by atoms with Gasteiger partial charge in [-0.3, -0.25) is 4.79 Å². The first-order chi connectivity index (χ1) is 7.56. The molecule has 0 aliphatic rings. The van der Waals surface area contributed by atoms with Gasteiger partial charge in [0.25, 0.3) is 0 Å². The van der Waals surface area contributed by atoms with E-state index in [1.807, 2.05) is 29.2 Å². The zero-order valence-electron chi connectivity index (χ0n) is 9.81. The van der Waals surface area contributed by atoms with Gasteiger partial charge in [0.2, 0.25) is 5.91 Å². The van der Waals surface area contributed by atoms with Crippen molar-refractivity contribution in [1.29, 1.82) is 0 Å². The van der Waals surface area contributed by atoms with Crippen molar-refractivity contribution in [2.24, 2.45) is 5.73 Å². The summed E-state index contributed by atoms with van der Waals surface area (Å²) in [5, 5.41) is 0. The summed E-state index contributed by atoms with van der Waals surface area (Å²) in [4.78, 5) is 13.2. The fourth-order valence-corrected chi connectivity index (χ4v) is 1.64. The molecule has 0 spiro atoms. The lowest BCUT2D eigenvalue weighted by molar-refractivity contribution is -0.118. The molecule has 4 N–H and O–H groups in total. The van der Waals surface area contributed by atoms with Crippen LogP contribution >= 0.6 is 0 Å². The van der Waals surface area contributed by atoms with Gasteiger partial charge in [-0.05, 0) is 31.5 Å².